The number of hydrogen-bond donors (Lipinski definition) is 1. The predicted molar refractivity (Wildman–Crippen MR) is 116 cm³/mol. The van der Waals surface area contributed by atoms with Gasteiger partial charge in [0, 0.05) is 26.9 Å². The summed E-state index contributed by atoms with van der Waals surface area (Å²) in [6, 6.07) is -0.621. The van der Waals surface area contributed by atoms with Crippen molar-refractivity contribution in [3.8, 4) is 0 Å². The fourth-order valence-electron chi connectivity index (χ4n) is 4.00. The minimum absolute atomic E-state index is 0.122. The summed E-state index contributed by atoms with van der Waals surface area (Å²) >= 11 is 0. The van der Waals surface area contributed by atoms with E-state index >= 15 is 0 Å². The maximum atomic E-state index is 13.6. The Hall–Kier alpha value is -2.96. The minimum atomic E-state index is -5.19. The summed E-state index contributed by atoms with van der Waals surface area (Å²) in [7, 11) is 0. The molecule has 0 aliphatic carbocycles. The van der Waals surface area contributed by atoms with Crippen molar-refractivity contribution in [2.24, 2.45) is 0 Å². The van der Waals surface area contributed by atoms with Crippen LogP contribution in [0.5, 0.6) is 0 Å². The topological polar surface area (TPSA) is 41.6 Å². The number of amides is 1. The second-order valence-electron chi connectivity index (χ2n) is 8.05. The largest absolute Gasteiger partial charge is 0.449 e. The normalized spacial score (nSPS) is 22.8. The number of nitrogens with one attached hydrogen (secondary N) is 1. The van der Waals surface area contributed by atoms with Gasteiger partial charge < -0.3 is 10.1 Å². The molecule has 4 nitrogen and oxygen atoms in total. The number of alkyl halides is 9. The predicted octanol–water partition coefficient (Wildman–Crippen LogP) is 7.72. The van der Waals surface area contributed by atoms with Crippen LogP contribution in [0.25, 0.3) is 0 Å². The third-order valence-electron chi connectivity index (χ3n) is 5.63. The van der Waals surface area contributed by atoms with Crippen molar-refractivity contribution in [1.29, 1.82) is 0 Å². The zero-order valence-corrected chi connectivity index (χ0v) is 18.4. The molecule has 0 aromatic heterocycles. The molecule has 13 heteroatoms. The number of benzene rings is 2. The molecule has 2 atom stereocenters. The van der Waals surface area contributed by atoms with Crippen LogP contribution in [0.4, 0.5) is 50.0 Å². The lowest BCUT2D eigenvalue weighted by atomic mass is 9.88. The summed E-state index contributed by atoms with van der Waals surface area (Å²) in [4.78, 5) is 13.6. The van der Waals surface area contributed by atoms with Crippen LogP contribution in [-0.4, -0.2) is 18.7 Å². The average molecular weight is 550 g/mol. The van der Waals surface area contributed by atoms with E-state index in [4.69, 9.17) is 11.0 Å². The van der Waals surface area contributed by atoms with Crippen LogP contribution < -0.4 is 10.2 Å². The highest BCUT2D eigenvalue weighted by atomic mass is 19.4. The SMILES string of the molecule is [2H]C([2H])([2H])C[C@H]1C[C@H](NCc2cc(C(F)(F)F)cc(C(F)(F)F)c2)c2cc(C(F)(F)F)ccc2N1C(=O)OC([2H])([2H])C([2H])([2H])[2H]. The summed E-state index contributed by atoms with van der Waals surface area (Å²) in [5.41, 5.74) is -6.11. The maximum Gasteiger partial charge on any atom is 0.416 e. The third-order valence-corrected chi connectivity index (χ3v) is 5.63. The first-order valence-corrected chi connectivity index (χ1v) is 10.4. The number of nitrogens with zero attached hydrogens (tertiary/aromatic N) is 1. The first-order chi connectivity index (χ1) is 20.1. The molecule has 1 heterocycles. The zero-order valence-electron chi connectivity index (χ0n) is 26.4. The van der Waals surface area contributed by atoms with Crippen molar-refractivity contribution in [2.75, 3.05) is 11.5 Å². The third kappa shape index (κ3) is 6.49. The maximum absolute atomic E-state index is 13.6. The number of fused-ring (bicyclic) bond motifs is 1. The standard InChI is InChI=1S/C24H23F9N2O2/c1-3-17-11-19(34-12-13-7-15(23(28,29)30)9-16(8-13)24(31,32)33)18-10-14(22(25,26)27)5-6-20(18)35(17)21(36)37-4-2/h5-10,17,19,34H,3-4,11-12H2,1-2H3/t17-,19-/m0/s1/i1D3,2D3,4D2. The molecule has 0 spiro atoms. The Bertz CT molecular complexity index is 1380. The quantitative estimate of drug-likeness (QED) is 0.388. The molecule has 1 amide bonds. The molecule has 2 aromatic carbocycles. The van der Waals surface area contributed by atoms with E-state index in [0.717, 1.165) is 0 Å². The first kappa shape index (κ1) is 19.2. The van der Waals surface area contributed by atoms with E-state index in [1.54, 1.807) is 0 Å². The molecule has 0 fully saturated rings. The Balaban J connectivity index is 2.13. The van der Waals surface area contributed by atoms with Crippen LogP contribution >= 0.6 is 0 Å². The molecule has 2 aromatic rings. The lowest BCUT2D eigenvalue weighted by Crippen LogP contribution is -2.47. The van der Waals surface area contributed by atoms with Gasteiger partial charge in [-0.25, -0.2) is 4.79 Å². The smallest absolute Gasteiger partial charge is 0.416 e. The fourth-order valence-corrected chi connectivity index (χ4v) is 4.00. The number of carbonyl (C=O) groups is 1. The van der Waals surface area contributed by atoms with E-state index in [1.807, 2.05) is 0 Å². The monoisotopic (exact) mass is 550 g/mol. The van der Waals surface area contributed by atoms with E-state index in [-0.39, 0.29) is 6.07 Å². The van der Waals surface area contributed by atoms with E-state index in [2.05, 4.69) is 10.1 Å². The number of anilines is 1. The van der Waals surface area contributed by atoms with Crippen LogP contribution in [0.15, 0.2) is 36.4 Å². The molecule has 0 radical (unpaired) electrons. The fraction of sp³-hybridized carbons (Fsp3) is 0.458. The average Bonchev–Trinajstić information content (AvgIpc) is 2.83. The highest BCUT2D eigenvalue weighted by Gasteiger charge is 2.40. The molecule has 0 saturated carbocycles. The number of ether oxygens (including phenoxy) is 1. The van der Waals surface area contributed by atoms with E-state index in [9.17, 15) is 44.3 Å². The number of hydrogen-bond acceptors (Lipinski definition) is 3. The van der Waals surface area contributed by atoms with Gasteiger partial charge in [-0.05, 0) is 67.2 Å². The van der Waals surface area contributed by atoms with Gasteiger partial charge in [0.05, 0.1) is 31.7 Å². The van der Waals surface area contributed by atoms with Gasteiger partial charge in [0.15, 0.2) is 0 Å². The second-order valence-corrected chi connectivity index (χ2v) is 8.05. The van der Waals surface area contributed by atoms with Crippen LogP contribution in [0.3, 0.4) is 0 Å². The summed E-state index contributed by atoms with van der Waals surface area (Å²) in [5, 5.41) is 2.55. The molecule has 1 aliphatic rings. The Morgan fingerprint density at radius 1 is 0.973 bits per heavy atom. The summed E-state index contributed by atoms with van der Waals surface area (Å²) in [6.45, 7) is -10.8. The van der Waals surface area contributed by atoms with Crippen LogP contribution in [0.1, 0.15) is 71.4 Å². The summed E-state index contributed by atoms with van der Waals surface area (Å²) < 4.78 is 185. The molecule has 3 rings (SSSR count). The van der Waals surface area contributed by atoms with Crippen molar-refractivity contribution >= 4 is 11.8 Å². The molecule has 1 aliphatic heterocycles. The highest BCUT2D eigenvalue weighted by molar-refractivity contribution is 5.90. The molecular formula is C24H23F9N2O2. The molecular weight excluding hydrogens is 519 g/mol. The van der Waals surface area contributed by atoms with Crippen LogP contribution in [0.2, 0.25) is 0 Å². The first-order valence-electron chi connectivity index (χ1n) is 14.4. The van der Waals surface area contributed by atoms with E-state index in [0.29, 0.717) is 35.2 Å². The van der Waals surface area contributed by atoms with Crippen molar-refractivity contribution < 1.29 is 60.0 Å². The Kier molecular flexibility index (Phi) is 5.40. The van der Waals surface area contributed by atoms with Gasteiger partial charge in [0.2, 0.25) is 0 Å². The van der Waals surface area contributed by atoms with Gasteiger partial charge in [-0.3, -0.25) is 4.90 Å². The van der Waals surface area contributed by atoms with Gasteiger partial charge in [0.1, 0.15) is 0 Å². The molecule has 37 heavy (non-hydrogen) atoms. The van der Waals surface area contributed by atoms with Gasteiger partial charge >= 0.3 is 24.6 Å². The number of carbonyl (C=O) groups excluding carboxylic acids is 1. The number of rotatable bonds is 5. The van der Waals surface area contributed by atoms with Gasteiger partial charge in [-0.2, -0.15) is 39.5 Å². The van der Waals surface area contributed by atoms with Crippen molar-refractivity contribution in [2.45, 2.75) is 63.7 Å². The van der Waals surface area contributed by atoms with E-state index in [1.165, 1.54) is 0 Å². The van der Waals surface area contributed by atoms with Crippen LogP contribution in [0, 0.1) is 0 Å². The summed E-state index contributed by atoms with van der Waals surface area (Å²) in [6.07, 6.45) is -18.6. The molecule has 1 N–H and O–H groups in total. The Morgan fingerprint density at radius 2 is 1.59 bits per heavy atom. The van der Waals surface area contributed by atoms with Crippen LogP contribution in [-0.2, 0) is 29.8 Å². The van der Waals surface area contributed by atoms with E-state index < -0.39 is 110 Å². The summed E-state index contributed by atoms with van der Waals surface area (Å²) in [5.74, 6) is 0. The molecule has 204 valence electrons. The van der Waals surface area contributed by atoms with Gasteiger partial charge in [-0.15, -0.1) is 0 Å². The van der Waals surface area contributed by atoms with Crippen molar-refractivity contribution in [1.82, 2.24) is 5.32 Å². The Morgan fingerprint density at radius 3 is 2.14 bits per heavy atom. The lowest BCUT2D eigenvalue weighted by Gasteiger charge is -2.40. The number of halogens is 9. The van der Waals surface area contributed by atoms with Crippen molar-refractivity contribution in [3.05, 3.63) is 64.2 Å². The molecule has 0 saturated heterocycles. The van der Waals surface area contributed by atoms with Crippen molar-refractivity contribution in [3.63, 3.8) is 0 Å². The Labute approximate surface area is 217 Å². The zero-order chi connectivity index (χ0) is 34.6. The van der Waals surface area contributed by atoms with Gasteiger partial charge in [-0.1, -0.05) is 6.85 Å². The second kappa shape index (κ2) is 10.4. The molecule has 0 bridgehead atoms. The molecule has 0 unspecified atom stereocenters. The lowest BCUT2D eigenvalue weighted by molar-refractivity contribution is -0.143. The highest BCUT2D eigenvalue weighted by Crippen LogP contribution is 2.42. The van der Waals surface area contributed by atoms with Gasteiger partial charge in [0.25, 0.3) is 0 Å². The minimum Gasteiger partial charge on any atom is -0.449 e.